The molecule has 18 heavy (non-hydrogen) atoms. The van der Waals surface area contributed by atoms with Gasteiger partial charge in [0.2, 0.25) is 0 Å². The van der Waals surface area contributed by atoms with E-state index in [9.17, 15) is 5.11 Å². The molecule has 0 amide bonds. The summed E-state index contributed by atoms with van der Waals surface area (Å²) in [5.41, 5.74) is 2.02. The largest absolute Gasteiger partial charge is 0.389 e. The molecule has 1 atom stereocenters. The van der Waals surface area contributed by atoms with Gasteiger partial charge in [0.15, 0.2) is 0 Å². The molecule has 102 valence electrons. The zero-order valence-corrected chi connectivity index (χ0v) is 12.4. The SMILES string of the molecule is CCNCC(C)(O)Cc1ccc(C(C)(C)C)cc1. The molecule has 0 fully saturated rings. The number of hydrogen-bond donors (Lipinski definition) is 2. The van der Waals surface area contributed by atoms with E-state index in [-0.39, 0.29) is 5.41 Å². The lowest BCUT2D eigenvalue weighted by Crippen LogP contribution is -2.39. The first kappa shape index (κ1) is 15.2. The highest BCUT2D eigenvalue weighted by Gasteiger charge is 2.20. The predicted molar refractivity (Wildman–Crippen MR) is 78.0 cm³/mol. The molecule has 1 rings (SSSR count). The number of hydrogen-bond acceptors (Lipinski definition) is 2. The van der Waals surface area contributed by atoms with Gasteiger partial charge in [-0.05, 0) is 30.0 Å². The zero-order valence-electron chi connectivity index (χ0n) is 12.4. The van der Waals surface area contributed by atoms with Crippen LogP contribution in [0.5, 0.6) is 0 Å². The molecule has 1 aromatic rings. The Morgan fingerprint density at radius 2 is 1.61 bits per heavy atom. The number of benzene rings is 1. The van der Waals surface area contributed by atoms with Crippen molar-refractivity contribution in [1.29, 1.82) is 0 Å². The second-order valence-corrected chi connectivity index (χ2v) is 6.40. The topological polar surface area (TPSA) is 32.3 Å². The highest BCUT2D eigenvalue weighted by Crippen LogP contribution is 2.23. The lowest BCUT2D eigenvalue weighted by Gasteiger charge is -2.24. The van der Waals surface area contributed by atoms with Gasteiger partial charge in [-0.15, -0.1) is 0 Å². The average molecular weight is 249 g/mol. The summed E-state index contributed by atoms with van der Waals surface area (Å²) in [6, 6.07) is 8.58. The highest BCUT2D eigenvalue weighted by molar-refractivity contribution is 5.28. The maximum atomic E-state index is 10.3. The molecule has 0 aliphatic carbocycles. The van der Waals surface area contributed by atoms with Crippen molar-refractivity contribution in [3.63, 3.8) is 0 Å². The van der Waals surface area contributed by atoms with E-state index >= 15 is 0 Å². The Labute approximate surface area is 111 Å². The van der Waals surface area contributed by atoms with Crippen LogP contribution in [0.25, 0.3) is 0 Å². The van der Waals surface area contributed by atoms with Gasteiger partial charge < -0.3 is 10.4 Å². The second-order valence-electron chi connectivity index (χ2n) is 6.40. The van der Waals surface area contributed by atoms with E-state index in [0.29, 0.717) is 13.0 Å². The minimum Gasteiger partial charge on any atom is -0.389 e. The van der Waals surface area contributed by atoms with Crippen LogP contribution in [0.4, 0.5) is 0 Å². The molecule has 0 saturated carbocycles. The third-order valence-corrected chi connectivity index (χ3v) is 3.16. The van der Waals surface area contributed by atoms with Crippen LogP contribution in [0.2, 0.25) is 0 Å². The van der Waals surface area contributed by atoms with Gasteiger partial charge in [0.05, 0.1) is 5.60 Å². The first-order chi connectivity index (χ1) is 8.24. The van der Waals surface area contributed by atoms with E-state index in [1.54, 1.807) is 0 Å². The first-order valence-corrected chi connectivity index (χ1v) is 6.77. The number of rotatable bonds is 5. The summed E-state index contributed by atoms with van der Waals surface area (Å²) >= 11 is 0. The van der Waals surface area contributed by atoms with Crippen molar-refractivity contribution >= 4 is 0 Å². The normalized spacial score (nSPS) is 15.4. The van der Waals surface area contributed by atoms with Crippen LogP contribution >= 0.6 is 0 Å². The molecule has 0 heterocycles. The van der Waals surface area contributed by atoms with Crippen molar-refractivity contribution in [3.8, 4) is 0 Å². The van der Waals surface area contributed by atoms with Gasteiger partial charge >= 0.3 is 0 Å². The van der Waals surface area contributed by atoms with E-state index in [1.807, 2.05) is 13.8 Å². The van der Waals surface area contributed by atoms with Crippen molar-refractivity contribution in [3.05, 3.63) is 35.4 Å². The molecular weight excluding hydrogens is 222 g/mol. The summed E-state index contributed by atoms with van der Waals surface area (Å²) in [6.07, 6.45) is 0.685. The molecule has 0 spiro atoms. The van der Waals surface area contributed by atoms with Crippen molar-refractivity contribution in [2.24, 2.45) is 0 Å². The van der Waals surface area contributed by atoms with Gasteiger partial charge in [-0.1, -0.05) is 52.0 Å². The average Bonchev–Trinajstić information content (AvgIpc) is 2.25. The Morgan fingerprint density at radius 3 is 2.06 bits per heavy atom. The molecule has 0 saturated heterocycles. The molecule has 2 N–H and O–H groups in total. The van der Waals surface area contributed by atoms with E-state index in [4.69, 9.17) is 0 Å². The van der Waals surface area contributed by atoms with Gasteiger partial charge in [-0.2, -0.15) is 0 Å². The van der Waals surface area contributed by atoms with Gasteiger partial charge in [0, 0.05) is 13.0 Å². The fourth-order valence-electron chi connectivity index (χ4n) is 2.02. The van der Waals surface area contributed by atoms with E-state index in [1.165, 1.54) is 11.1 Å². The smallest absolute Gasteiger partial charge is 0.0783 e. The quantitative estimate of drug-likeness (QED) is 0.841. The number of aliphatic hydroxyl groups is 1. The van der Waals surface area contributed by atoms with E-state index < -0.39 is 5.60 Å². The molecule has 2 nitrogen and oxygen atoms in total. The minimum atomic E-state index is -0.681. The molecule has 0 radical (unpaired) electrons. The Hall–Kier alpha value is -0.860. The highest BCUT2D eigenvalue weighted by atomic mass is 16.3. The van der Waals surface area contributed by atoms with Crippen molar-refractivity contribution in [2.45, 2.75) is 52.1 Å². The summed E-state index contributed by atoms with van der Waals surface area (Å²) in [5.74, 6) is 0. The fraction of sp³-hybridized carbons (Fsp3) is 0.625. The molecule has 1 unspecified atom stereocenters. The number of likely N-dealkylation sites (N-methyl/N-ethyl adjacent to an activating group) is 1. The van der Waals surface area contributed by atoms with Crippen LogP contribution in [0.15, 0.2) is 24.3 Å². The Morgan fingerprint density at radius 1 is 1.06 bits per heavy atom. The summed E-state index contributed by atoms with van der Waals surface area (Å²) in [4.78, 5) is 0. The molecule has 0 aliphatic heterocycles. The summed E-state index contributed by atoms with van der Waals surface area (Å²) < 4.78 is 0. The lowest BCUT2D eigenvalue weighted by molar-refractivity contribution is 0.0607. The predicted octanol–water partition coefficient (Wildman–Crippen LogP) is 2.89. The monoisotopic (exact) mass is 249 g/mol. The minimum absolute atomic E-state index is 0.185. The molecule has 1 aromatic carbocycles. The van der Waals surface area contributed by atoms with E-state index in [2.05, 4.69) is 50.4 Å². The van der Waals surface area contributed by atoms with Crippen molar-refractivity contribution < 1.29 is 5.11 Å². The molecule has 0 aliphatic rings. The summed E-state index contributed by atoms with van der Waals surface area (Å²) in [5, 5.41) is 13.5. The zero-order chi connectivity index (χ0) is 13.8. The second kappa shape index (κ2) is 5.85. The summed E-state index contributed by atoms with van der Waals surface area (Å²) in [7, 11) is 0. The lowest BCUT2D eigenvalue weighted by atomic mass is 9.86. The molecule has 0 bridgehead atoms. The van der Waals surface area contributed by atoms with Crippen LogP contribution in [-0.4, -0.2) is 23.8 Å². The van der Waals surface area contributed by atoms with Gasteiger partial charge in [0.25, 0.3) is 0 Å². The third kappa shape index (κ3) is 4.79. The van der Waals surface area contributed by atoms with Crippen LogP contribution in [0.1, 0.15) is 45.7 Å². The molecule has 2 heteroatoms. The van der Waals surface area contributed by atoms with Crippen LogP contribution in [0.3, 0.4) is 0 Å². The van der Waals surface area contributed by atoms with Crippen molar-refractivity contribution in [1.82, 2.24) is 5.32 Å². The Bertz CT molecular complexity index is 360. The van der Waals surface area contributed by atoms with Crippen molar-refractivity contribution in [2.75, 3.05) is 13.1 Å². The molecule has 0 aromatic heterocycles. The Balaban J connectivity index is 2.69. The standard InChI is InChI=1S/C16H27NO/c1-6-17-12-16(5,18)11-13-7-9-14(10-8-13)15(2,3)4/h7-10,17-18H,6,11-12H2,1-5H3. The summed E-state index contributed by atoms with van der Waals surface area (Å²) in [6.45, 7) is 12.1. The maximum Gasteiger partial charge on any atom is 0.0783 e. The van der Waals surface area contributed by atoms with Crippen LogP contribution in [-0.2, 0) is 11.8 Å². The fourth-order valence-corrected chi connectivity index (χ4v) is 2.02. The first-order valence-electron chi connectivity index (χ1n) is 6.77. The van der Waals surface area contributed by atoms with E-state index in [0.717, 1.165) is 6.54 Å². The van der Waals surface area contributed by atoms with Crippen LogP contribution < -0.4 is 5.32 Å². The molecular formula is C16H27NO. The maximum absolute atomic E-state index is 10.3. The Kier molecular flexibility index (Phi) is 4.94. The van der Waals surface area contributed by atoms with Crippen LogP contribution in [0, 0.1) is 0 Å². The van der Waals surface area contributed by atoms with Gasteiger partial charge in [-0.3, -0.25) is 0 Å². The number of nitrogens with one attached hydrogen (secondary N) is 1. The van der Waals surface area contributed by atoms with Gasteiger partial charge in [0.1, 0.15) is 0 Å². The van der Waals surface area contributed by atoms with Gasteiger partial charge in [-0.25, -0.2) is 0 Å². The third-order valence-electron chi connectivity index (χ3n) is 3.16.